The lowest BCUT2D eigenvalue weighted by Gasteiger charge is -2.09. The van der Waals surface area contributed by atoms with Crippen LogP contribution in [0, 0.1) is 0 Å². The fraction of sp³-hybridized carbons (Fsp3) is 0.231. The second-order valence-electron chi connectivity index (χ2n) is 3.77. The summed E-state index contributed by atoms with van der Waals surface area (Å²) in [6.45, 7) is 2.86. The summed E-state index contributed by atoms with van der Waals surface area (Å²) in [5, 5.41) is 4.27. The molecule has 0 fully saturated rings. The van der Waals surface area contributed by atoms with E-state index in [-0.39, 0.29) is 0 Å². The number of rotatable bonds is 3. The van der Waals surface area contributed by atoms with Crippen molar-refractivity contribution in [3.05, 3.63) is 46.7 Å². The van der Waals surface area contributed by atoms with Gasteiger partial charge in [0.15, 0.2) is 0 Å². The van der Waals surface area contributed by atoms with Crippen LogP contribution in [0.15, 0.2) is 41.1 Å². The Labute approximate surface area is 94.6 Å². The van der Waals surface area contributed by atoms with E-state index < -0.39 is 0 Å². The zero-order valence-electron chi connectivity index (χ0n) is 8.81. The fourth-order valence-corrected chi connectivity index (χ4v) is 2.23. The Bertz CT molecular complexity index is 403. The molecule has 2 heteroatoms. The molecule has 0 saturated carbocycles. The van der Waals surface area contributed by atoms with Crippen LogP contribution >= 0.6 is 11.3 Å². The molecule has 1 nitrogen and oxygen atoms in total. The lowest BCUT2D eigenvalue weighted by molar-refractivity contribution is 0.774. The molecule has 0 amide bonds. The Balaban J connectivity index is 2.25. The molecule has 0 bridgehead atoms. The number of hydrogen-bond acceptors (Lipinski definition) is 2. The van der Waals surface area contributed by atoms with E-state index in [1.807, 2.05) is 0 Å². The molecule has 1 aromatic carbocycles. The van der Waals surface area contributed by atoms with Gasteiger partial charge in [-0.1, -0.05) is 31.2 Å². The molecule has 0 aliphatic rings. The van der Waals surface area contributed by atoms with Crippen LogP contribution in [0.2, 0.25) is 0 Å². The molecule has 0 radical (unpaired) electrons. The van der Waals surface area contributed by atoms with Crippen molar-refractivity contribution < 1.29 is 0 Å². The first-order chi connectivity index (χ1) is 7.31. The topological polar surface area (TPSA) is 26.0 Å². The Morgan fingerprint density at radius 3 is 2.40 bits per heavy atom. The Hall–Kier alpha value is -1.12. The predicted octanol–water partition coefficient (Wildman–Crippen LogP) is 3.48. The largest absolute Gasteiger partial charge is 0.330 e. The minimum absolute atomic E-state index is 0.446. The van der Waals surface area contributed by atoms with Gasteiger partial charge >= 0.3 is 0 Å². The summed E-state index contributed by atoms with van der Waals surface area (Å²) in [6.07, 6.45) is 0. The predicted molar refractivity (Wildman–Crippen MR) is 67.2 cm³/mol. The van der Waals surface area contributed by atoms with Gasteiger partial charge < -0.3 is 5.73 Å². The van der Waals surface area contributed by atoms with E-state index in [9.17, 15) is 0 Å². The lowest BCUT2D eigenvalue weighted by Crippen LogP contribution is -2.08. The third-order valence-electron chi connectivity index (χ3n) is 2.69. The zero-order chi connectivity index (χ0) is 10.7. The van der Waals surface area contributed by atoms with E-state index in [1.165, 1.54) is 16.7 Å². The standard InChI is InChI=1S/C13H15NS/c1-10(8-14)11-2-4-12(5-3-11)13-6-7-15-9-13/h2-7,9-10H,8,14H2,1H3/t10-/m1/s1. The van der Waals surface area contributed by atoms with Gasteiger partial charge in [-0.05, 0) is 46.0 Å². The van der Waals surface area contributed by atoms with E-state index >= 15 is 0 Å². The summed E-state index contributed by atoms with van der Waals surface area (Å²) in [6, 6.07) is 10.8. The molecule has 2 N–H and O–H groups in total. The average Bonchev–Trinajstić information content (AvgIpc) is 2.82. The molecule has 1 heterocycles. The monoisotopic (exact) mass is 217 g/mol. The lowest BCUT2D eigenvalue weighted by atomic mass is 9.99. The second-order valence-corrected chi connectivity index (χ2v) is 4.55. The highest BCUT2D eigenvalue weighted by Crippen LogP contribution is 2.24. The molecule has 0 aliphatic heterocycles. The van der Waals surface area contributed by atoms with Crippen LogP contribution in [0.25, 0.3) is 11.1 Å². The van der Waals surface area contributed by atoms with Crippen LogP contribution < -0.4 is 5.73 Å². The fourth-order valence-electron chi connectivity index (χ4n) is 1.57. The smallest absolute Gasteiger partial charge is 0.00109 e. The summed E-state index contributed by atoms with van der Waals surface area (Å²) in [5.74, 6) is 0.446. The van der Waals surface area contributed by atoms with Crippen molar-refractivity contribution in [1.29, 1.82) is 0 Å². The maximum absolute atomic E-state index is 5.64. The second kappa shape index (κ2) is 4.60. The van der Waals surface area contributed by atoms with Gasteiger partial charge in [0.1, 0.15) is 0 Å². The molecule has 0 saturated heterocycles. The van der Waals surface area contributed by atoms with Gasteiger partial charge in [-0.15, -0.1) is 0 Å². The Kier molecular flexibility index (Phi) is 3.19. The molecule has 1 aromatic heterocycles. The van der Waals surface area contributed by atoms with Gasteiger partial charge in [0.05, 0.1) is 0 Å². The van der Waals surface area contributed by atoms with Crippen LogP contribution in [-0.4, -0.2) is 6.54 Å². The first-order valence-corrected chi connectivity index (χ1v) is 6.08. The van der Waals surface area contributed by atoms with Crippen molar-refractivity contribution in [3.8, 4) is 11.1 Å². The minimum Gasteiger partial charge on any atom is -0.330 e. The molecule has 0 aliphatic carbocycles. The average molecular weight is 217 g/mol. The van der Waals surface area contributed by atoms with E-state index in [1.54, 1.807) is 11.3 Å². The van der Waals surface area contributed by atoms with E-state index in [0.29, 0.717) is 12.5 Å². The summed E-state index contributed by atoms with van der Waals surface area (Å²) < 4.78 is 0. The van der Waals surface area contributed by atoms with Crippen LogP contribution in [0.3, 0.4) is 0 Å². The van der Waals surface area contributed by atoms with Gasteiger partial charge in [-0.2, -0.15) is 11.3 Å². The number of benzene rings is 1. The number of thiophene rings is 1. The first kappa shape index (κ1) is 10.4. The summed E-state index contributed by atoms with van der Waals surface area (Å²) >= 11 is 1.73. The molecule has 78 valence electrons. The normalized spacial score (nSPS) is 12.7. The van der Waals surface area contributed by atoms with Gasteiger partial charge in [0.25, 0.3) is 0 Å². The highest BCUT2D eigenvalue weighted by atomic mass is 32.1. The molecular formula is C13H15NS. The molecular weight excluding hydrogens is 202 g/mol. The maximum atomic E-state index is 5.64. The van der Waals surface area contributed by atoms with Gasteiger partial charge in [-0.3, -0.25) is 0 Å². The van der Waals surface area contributed by atoms with Crippen molar-refractivity contribution in [2.24, 2.45) is 5.73 Å². The van der Waals surface area contributed by atoms with Crippen molar-refractivity contribution in [2.75, 3.05) is 6.54 Å². The maximum Gasteiger partial charge on any atom is -0.00109 e. The van der Waals surface area contributed by atoms with Crippen molar-refractivity contribution in [3.63, 3.8) is 0 Å². The molecule has 15 heavy (non-hydrogen) atoms. The third kappa shape index (κ3) is 2.28. The molecule has 0 spiro atoms. The van der Waals surface area contributed by atoms with Crippen molar-refractivity contribution >= 4 is 11.3 Å². The highest BCUT2D eigenvalue weighted by Gasteiger charge is 2.03. The molecule has 1 atom stereocenters. The van der Waals surface area contributed by atoms with Crippen LogP contribution in [0.4, 0.5) is 0 Å². The Morgan fingerprint density at radius 2 is 1.87 bits per heavy atom. The third-order valence-corrected chi connectivity index (χ3v) is 3.37. The SMILES string of the molecule is C[C@H](CN)c1ccc(-c2ccsc2)cc1. The summed E-state index contributed by atoms with van der Waals surface area (Å²) in [5.41, 5.74) is 9.53. The van der Waals surface area contributed by atoms with Crippen LogP contribution in [0.5, 0.6) is 0 Å². The summed E-state index contributed by atoms with van der Waals surface area (Å²) in [4.78, 5) is 0. The molecule has 0 unspecified atom stereocenters. The van der Waals surface area contributed by atoms with E-state index in [4.69, 9.17) is 5.73 Å². The van der Waals surface area contributed by atoms with Gasteiger partial charge in [0.2, 0.25) is 0 Å². The first-order valence-electron chi connectivity index (χ1n) is 5.14. The molecule has 2 rings (SSSR count). The van der Waals surface area contributed by atoms with Crippen molar-refractivity contribution in [2.45, 2.75) is 12.8 Å². The minimum atomic E-state index is 0.446. The van der Waals surface area contributed by atoms with E-state index in [2.05, 4.69) is 48.0 Å². The number of hydrogen-bond donors (Lipinski definition) is 1. The van der Waals surface area contributed by atoms with E-state index in [0.717, 1.165) is 0 Å². The van der Waals surface area contributed by atoms with Gasteiger partial charge in [0, 0.05) is 0 Å². The quantitative estimate of drug-likeness (QED) is 0.837. The molecule has 2 aromatic rings. The van der Waals surface area contributed by atoms with Gasteiger partial charge in [-0.25, -0.2) is 0 Å². The zero-order valence-corrected chi connectivity index (χ0v) is 9.63. The summed E-state index contributed by atoms with van der Waals surface area (Å²) in [7, 11) is 0. The van der Waals surface area contributed by atoms with Crippen LogP contribution in [-0.2, 0) is 0 Å². The van der Waals surface area contributed by atoms with Crippen molar-refractivity contribution in [1.82, 2.24) is 0 Å². The number of nitrogens with two attached hydrogens (primary N) is 1. The highest BCUT2D eigenvalue weighted by molar-refractivity contribution is 7.08. The Morgan fingerprint density at radius 1 is 1.13 bits per heavy atom. The van der Waals surface area contributed by atoms with Crippen LogP contribution in [0.1, 0.15) is 18.4 Å².